The van der Waals surface area contributed by atoms with Crippen molar-refractivity contribution in [3.63, 3.8) is 0 Å². The Kier molecular flexibility index (Phi) is 7.88. The number of hydrogen-bond acceptors (Lipinski definition) is 9. The molecule has 3 aromatic heterocycles. The van der Waals surface area contributed by atoms with E-state index in [1.807, 2.05) is 33.8 Å². The molecule has 10 nitrogen and oxygen atoms in total. The van der Waals surface area contributed by atoms with Crippen LogP contribution < -0.4 is 15.5 Å². The van der Waals surface area contributed by atoms with E-state index in [1.165, 1.54) is 0 Å². The number of aliphatic imine (C=N–C) groups is 2. The van der Waals surface area contributed by atoms with Crippen LogP contribution in [-0.2, 0) is 4.74 Å². The molecule has 10 heteroatoms. The van der Waals surface area contributed by atoms with Gasteiger partial charge in [-0.1, -0.05) is 0 Å². The lowest BCUT2D eigenvalue weighted by atomic mass is 10.1. The first-order chi connectivity index (χ1) is 17.7. The highest BCUT2D eigenvalue weighted by Crippen LogP contribution is 2.19. The van der Waals surface area contributed by atoms with Crippen LogP contribution in [0.4, 0.5) is 11.6 Å². The number of hydrogen-bond donors (Lipinski definition) is 2. The summed E-state index contributed by atoms with van der Waals surface area (Å²) in [7, 11) is 0. The number of amides is 1. The van der Waals surface area contributed by atoms with Crippen molar-refractivity contribution in [2.45, 2.75) is 33.2 Å². The van der Waals surface area contributed by atoms with Gasteiger partial charge in [0.1, 0.15) is 17.5 Å². The second kappa shape index (κ2) is 11.3. The maximum Gasteiger partial charge on any atom is 0.257 e. The van der Waals surface area contributed by atoms with Gasteiger partial charge in [-0.05, 0) is 58.7 Å². The molecule has 37 heavy (non-hydrogen) atoms. The molecule has 0 saturated carbocycles. The van der Waals surface area contributed by atoms with Crippen LogP contribution in [-0.4, -0.2) is 65.1 Å². The fraction of sp³-hybridized carbons (Fsp3) is 0.333. The molecule has 1 amide bonds. The fourth-order valence-corrected chi connectivity index (χ4v) is 3.82. The van der Waals surface area contributed by atoms with E-state index in [1.54, 1.807) is 43.0 Å². The summed E-state index contributed by atoms with van der Waals surface area (Å²) >= 11 is 0. The molecule has 0 aromatic carbocycles. The normalized spacial score (nSPS) is 15.0. The van der Waals surface area contributed by atoms with Crippen molar-refractivity contribution in [2.24, 2.45) is 9.98 Å². The molecule has 0 bridgehead atoms. The Bertz CT molecular complexity index is 1350. The van der Waals surface area contributed by atoms with E-state index in [2.05, 4.69) is 47.2 Å². The summed E-state index contributed by atoms with van der Waals surface area (Å²) in [6, 6.07) is 7.25. The first-order valence-electron chi connectivity index (χ1n) is 12.1. The van der Waals surface area contributed by atoms with E-state index in [-0.39, 0.29) is 11.4 Å². The van der Waals surface area contributed by atoms with Crippen LogP contribution >= 0.6 is 0 Å². The number of anilines is 2. The summed E-state index contributed by atoms with van der Waals surface area (Å²) in [4.78, 5) is 36.9. The third-order valence-corrected chi connectivity index (χ3v) is 5.57. The fourth-order valence-electron chi connectivity index (χ4n) is 3.82. The number of fused-ring (bicyclic) bond motifs is 1. The molecule has 0 atom stereocenters. The maximum absolute atomic E-state index is 13.0. The molecule has 0 radical (unpaired) electrons. The number of nitrogens with zero attached hydrogens (tertiary/aromatic N) is 6. The molecule has 4 rings (SSSR count). The van der Waals surface area contributed by atoms with Gasteiger partial charge in [0.25, 0.3) is 5.91 Å². The lowest BCUT2D eigenvalue weighted by Gasteiger charge is -2.27. The van der Waals surface area contributed by atoms with Gasteiger partial charge in [0.2, 0.25) is 0 Å². The SMILES string of the molecule is C=N/C=C(\N=C(/C)c1cnc2cnc(NC(=O)c3ccnc(N4CCOCC4)c3)cc2c1)NC(C)(C)C. The number of ether oxygens (including phenoxy) is 1. The van der Waals surface area contributed by atoms with Crippen LogP contribution in [0.5, 0.6) is 0 Å². The summed E-state index contributed by atoms with van der Waals surface area (Å²) in [5, 5.41) is 7.03. The molecule has 3 aromatic rings. The number of pyridine rings is 3. The topological polar surface area (TPSA) is 117 Å². The van der Waals surface area contributed by atoms with Crippen molar-refractivity contribution in [1.29, 1.82) is 0 Å². The molecule has 2 N–H and O–H groups in total. The van der Waals surface area contributed by atoms with Crippen molar-refractivity contribution in [3.05, 3.63) is 66.0 Å². The quantitative estimate of drug-likeness (QED) is 0.474. The Hall–Kier alpha value is -4.18. The summed E-state index contributed by atoms with van der Waals surface area (Å²) in [6.07, 6.45) is 6.62. The van der Waals surface area contributed by atoms with Crippen LogP contribution in [0.25, 0.3) is 10.9 Å². The molecule has 1 aliphatic rings. The van der Waals surface area contributed by atoms with Crippen LogP contribution in [0, 0.1) is 0 Å². The Labute approximate surface area is 216 Å². The van der Waals surface area contributed by atoms with Crippen LogP contribution in [0.3, 0.4) is 0 Å². The highest BCUT2D eigenvalue weighted by Gasteiger charge is 2.16. The molecule has 4 heterocycles. The Morgan fingerprint density at radius 1 is 1.11 bits per heavy atom. The Balaban J connectivity index is 1.54. The number of carbonyl (C=O) groups is 1. The lowest BCUT2D eigenvalue weighted by molar-refractivity contribution is 0.102. The minimum Gasteiger partial charge on any atom is -0.378 e. The number of aromatic nitrogens is 3. The molecule has 0 spiro atoms. The first-order valence-corrected chi connectivity index (χ1v) is 12.1. The van der Waals surface area contributed by atoms with E-state index in [0.29, 0.717) is 35.9 Å². The van der Waals surface area contributed by atoms with Gasteiger partial charge in [-0.15, -0.1) is 0 Å². The Morgan fingerprint density at radius 2 is 1.89 bits per heavy atom. The number of rotatable bonds is 7. The molecule has 0 unspecified atom stereocenters. The van der Waals surface area contributed by atoms with Gasteiger partial charge in [0.05, 0.1) is 31.1 Å². The standard InChI is InChI=1S/C27H32N8O2/c1-18(32-24(17-28-5)34-27(2,3)4)21-12-20-13-23(31-16-22(20)30-15-21)33-26(36)19-6-7-29-25(14-19)35-8-10-37-11-9-35/h6-7,12-17,34H,5,8-11H2,1-4H3,(H,31,33,36)/b24-17+,32-18+. The minimum absolute atomic E-state index is 0.182. The Morgan fingerprint density at radius 3 is 2.62 bits per heavy atom. The molecular weight excluding hydrogens is 468 g/mol. The molecule has 192 valence electrons. The van der Waals surface area contributed by atoms with E-state index in [9.17, 15) is 4.79 Å². The van der Waals surface area contributed by atoms with Crippen molar-refractivity contribution in [2.75, 3.05) is 36.5 Å². The van der Waals surface area contributed by atoms with Crippen molar-refractivity contribution < 1.29 is 9.53 Å². The van der Waals surface area contributed by atoms with Crippen LogP contribution in [0.2, 0.25) is 0 Å². The summed E-state index contributed by atoms with van der Waals surface area (Å²) in [5.74, 6) is 1.54. The first kappa shape index (κ1) is 25.9. The summed E-state index contributed by atoms with van der Waals surface area (Å²) in [5.41, 5.74) is 2.64. The number of carbonyl (C=O) groups excluding carboxylic acids is 1. The number of nitrogens with one attached hydrogen (secondary N) is 2. The lowest BCUT2D eigenvalue weighted by Crippen LogP contribution is -2.36. The van der Waals surface area contributed by atoms with Gasteiger partial charge in [-0.3, -0.25) is 14.8 Å². The van der Waals surface area contributed by atoms with Crippen LogP contribution in [0.1, 0.15) is 43.6 Å². The molecule has 1 fully saturated rings. The monoisotopic (exact) mass is 500 g/mol. The van der Waals surface area contributed by atoms with Gasteiger partial charge >= 0.3 is 0 Å². The van der Waals surface area contributed by atoms with E-state index < -0.39 is 0 Å². The van der Waals surface area contributed by atoms with E-state index in [4.69, 9.17) is 4.74 Å². The smallest absolute Gasteiger partial charge is 0.257 e. The number of morpholine rings is 1. The predicted octanol–water partition coefficient (Wildman–Crippen LogP) is 3.81. The zero-order chi connectivity index (χ0) is 26.4. The van der Waals surface area contributed by atoms with Crippen molar-refractivity contribution in [1.82, 2.24) is 20.3 Å². The van der Waals surface area contributed by atoms with Crippen LogP contribution in [0.15, 0.2) is 64.9 Å². The molecule has 1 aliphatic heterocycles. The minimum atomic E-state index is -0.259. The van der Waals surface area contributed by atoms with E-state index >= 15 is 0 Å². The predicted molar refractivity (Wildman–Crippen MR) is 147 cm³/mol. The van der Waals surface area contributed by atoms with Gasteiger partial charge in [-0.2, -0.15) is 0 Å². The van der Waals surface area contributed by atoms with Crippen molar-refractivity contribution in [3.8, 4) is 0 Å². The molecule has 1 saturated heterocycles. The molecular formula is C27H32N8O2. The summed E-state index contributed by atoms with van der Waals surface area (Å²) < 4.78 is 5.40. The van der Waals surface area contributed by atoms with Gasteiger partial charge < -0.3 is 20.3 Å². The zero-order valence-electron chi connectivity index (χ0n) is 21.7. The third kappa shape index (κ3) is 6.95. The average molecular weight is 501 g/mol. The largest absolute Gasteiger partial charge is 0.378 e. The highest BCUT2D eigenvalue weighted by molar-refractivity contribution is 6.05. The second-order valence-corrected chi connectivity index (χ2v) is 9.71. The van der Waals surface area contributed by atoms with Crippen molar-refractivity contribution >= 4 is 40.9 Å². The maximum atomic E-state index is 13.0. The van der Waals surface area contributed by atoms with E-state index in [0.717, 1.165) is 35.6 Å². The molecule has 0 aliphatic carbocycles. The second-order valence-electron chi connectivity index (χ2n) is 9.71. The highest BCUT2D eigenvalue weighted by atomic mass is 16.5. The third-order valence-electron chi connectivity index (χ3n) is 5.57. The average Bonchev–Trinajstić information content (AvgIpc) is 2.88. The van der Waals surface area contributed by atoms with Gasteiger partial charge in [0.15, 0.2) is 0 Å². The zero-order valence-corrected chi connectivity index (χ0v) is 21.7. The summed E-state index contributed by atoms with van der Waals surface area (Å²) in [6.45, 7) is 14.4. The van der Waals surface area contributed by atoms with Gasteiger partial charge in [0, 0.05) is 53.2 Å². The van der Waals surface area contributed by atoms with Gasteiger partial charge in [-0.25, -0.2) is 15.0 Å².